The predicted molar refractivity (Wildman–Crippen MR) is 81.2 cm³/mol. The summed E-state index contributed by atoms with van der Waals surface area (Å²) in [5.74, 6) is -0.395. The van der Waals surface area contributed by atoms with Crippen LogP contribution in [0.3, 0.4) is 0 Å². The van der Waals surface area contributed by atoms with Gasteiger partial charge in [0, 0.05) is 19.7 Å². The van der Waals surface area contributed by atoms with E-state index in [1.54, 1.807) is 6.07 Å². The van der Waals surface area contributed by atoms with Crippen LogP contribution in [-0.4, -0.2) is 25.1 Å². The topological polar surface area (TPSA) is 78.6 Å². The Morgan fingerprint density at radius 3 is 2.55 bits per heavy atom. The molecule has 104 valence electrons. The number of nitrogens with zero attached hydrogens (tertiary/aromatic N) is 1. The van der Waals surface area contributed by atoms with E-state index in [0.29, 0.717) is 11.3 Å². The Balaban J connectivity index is 2.26. The molecule has 5 nitrogen and oxygen atoms in total. The summed E-state index contributed by atoms with van der Waals surface area (Å²) in [7, 11) is 3.81. The van der Waals surface area contributed by atoms with Gasteiger partial charge in [0.1, 0.15) is 5.75 Å². The lowest BCUT2D eigenvalue weighted by atomic mass is 10.1. The van der Waals surface area contributed by atoms with E-state index in [-0.39, 0.29) is 17.3 Å². The normalized spacial score (nSPS) is 10.1. The Bertz CT molecular complexity index is 639. The molecule has 1 amide bonds. The number of rotatable bonds is 3. The molecule has 4 N–H and O–H groups in total. The number of aromatic hydroxyl groups is 1. The SMILES string of the molecule is CN(C)c1ccccc1NC(=O)c1ccc(N)c(O)c1. The van der Waals surface area contributed by atoms with Crippen molar-refractivity contribution in [3.63, 3.8) is 0 Å². The first-order chi connectivity index (χ1) is 9.49. The van der Waals surface area contributed by atoms with Crippen LogP contribution < -0.4 is 16.0 Å². The number of para-hydroxylation sites is 2. The number of phenolic OH excluding ortho intramolecular Hbond substituents is 1. The van der Waals surface area contributed by atoms with Crippen molar-refractivity contribution in [1.29, 1.82) is 0 Å². The molecule has 0 unspecified atom stereocenters. The van der Waals surface area contributed by atoms with Crippen molar-refractivity contribution >= 4 is 23.0 Å². The molecular formula is C15H17N3O2. The van der Waals surface area contributed by atoms with Gasteiger partial charge in [0.05, 0.1) is 17.1 Å². The molecule has 0 fully saturated rings. The van der Waals surface area contributed by atoms with E-state index in [9.17, 15) is 9.90 Å². The number of amides is 1. The lowest BCUT2D eigenvalue weighted by Gasteiger charge is -2.17. The zero-order chi connectivity index (χ0) is 14.7. The van der Waals surface area contributed by atoms with Crippen LogP contribution in [0.2, 0.25) is 0 Å². The third-order valence-electron chi connectivity index (χ3n) is 2.93. The van der Waals surface area contributed by atoms with Gasteiger partial charge >= 0.3 is 0 Å². The number of nitrogens with two attached hydrogens (primary N) is 1. The lowest BCUT2D eigenvalue weighted by molar-refractivity contribution is 0.102. The van der Waals surface area contributed by atoms with Crippen LogP contribution in [0, 0.1) is 0 Å². The quantitative estimate of drug-likeness (QED) is 0.591. The Labute approximate surface area is 117 Å². The standard InChI is InChI=1S/C15H17N3O2/c1-18(2)13-6-4-3-5-12(13)17-15(20)10-7-8-11(16)14(19)9-10/h3-9,19H,16H2,1-2H3,(H,17,20). The summed E-state index contributed by atoms with van der Waals surface area (Å²) >= 11 is 0. The molecular weight excluding hydrogens is 254 g/mol. The summed E-state index contributed by atoms with van der Waals surface area (Å²) in [6.45, 7) is 0. The maximum Gasteiger partial charge on any atom is 0.255 e. The molecule has 20 heavy (non-hydrogen) atoms. The van der Waals surface area contributed by atoms with Gasteiger partial charge in [-0.1, -0.05) is 12.1 Å². The van der Waals surface area contributed by atoms with Crippen LogP contribution in [0.15, 0.2) is 42.5 Å². The van der Waals surface area contributed by atoms with E-state index in [1.165, 1.54) is 12.1 Å². The molecule has 0 aliphatic carbocycles. The highest BCUT2D eigenvalue weighted by Crippen LogP contribution is 2.25. The van der Waals surface area contributed by atoms with E-state index in [1.807, 2.05) is 43.3 Å². The van der Waals surface area contributed by atoms with Gasteiger partial charge in [-0.05, 0) is 30.3 Å². The predicted octanol–water partition coefficient (Wildman–Crippen LogP) is 2.29. The van der Waals surface area contributed by atoms with E-state index in [0.717, 1.165) is 5.69 Å². The van der Waals surface area contributed by atoms with Gasteiger partial charge < -0.3 is 21.1 Å². The number of nitrogens with one attached hydrogen (secondary N) is 1. The Hall–Kier alpha value is -2.69. The summed E-state index contributed by atoms with van der Waals surface area (Å²) in [5, 5.41) is 12.4. The van der Waals surface area contributed by atoms with Crippen molar-refractivity contribution in [3.8, 4) is 5.75 Å². The maximum atomic E-state index is 12.2. The first-order valence-corrected chi connectivity index (χ1v) is 6.15. The molecule has 0 atom stereocenters. The van der Waals surface area contributed by atoms with Gasteiger partial charge in [-0.15, -0.1) is 0 Å². The number of benzene rings is 2. The van der Waals surface area contributed by atoms with Gasteiger partial charge in [-0.3, -0.25) is 4.79 Å². The van der Waals surface area contributed by atoms with Crippen LogP contribution in [0.1, 0.15) is 10.4 Å². The molecule has 0 bridgehead atoms. The molecule has 0 saturated carbocycles. The fourth-order valence-corrected chi connectivity index (χ4v) is 1.85. The number of phenols is 1. The number of anilines is 3. The molecule has 2 rings (SSSR count). The number of nitrogen functional groups attached to an aromatic ring is 1. The van der Waals surface area contributed by atoms with Crippen molar-refractivity contribution in [2.45, 2.75) is 0 Å². The van der Waals surface area contributed by atoms with Crippen LogP contribution in [-0.2, 0) is 0 Å². The van der Waals surface area contributed by atoms with Gasteiger partial charge in [0.25, 0.3) is 5.91 Å². The van der Waals surface area contributed by atoms with Gasteiger partial charge in [0.2, 0.25) is 0 Å². The zero-order valence-electron chi connectivity index (χ0n) is 11.4. The van der Waals surface area contributed by atoms with Crippen LogP contribution in [0.4, 0.5) is 17.1 Å². The number of carbonyl (C=O) groups excluding carboxylic acids is 1. The number of hydrogen-bond acceptors (Lipinski definition) is 4. The highest BCUT2D eigenvalue weighted by molar-refractivity contribution is 6.06. The molecule has 0 spiro atoms. The molecule has 0 aliphatic rings. The van der Waals surface area contributed by atoms with Gasteiger partial charge in [-0.2, -0.15) is 0 Å². The van der Waals surface area contributed by atoms with E-state index >= 15 is 0 Å². The molecule has 0 aromatic heterocycles. The summed E-state index contributed by atoms with van der Waals surface area (Å²) in [4.78, 5) is 14.1. The minimum Gasteiger partial charge on any atom is -0.506 e. The third kappa shape index (κ3) is 2.83. The van der Waals surface area contributed by atoms with Crippen LogP contribution in [0.25, 0.3) is 0 Å². The second-order valence-electron chi connectivity index (χ2n) is 4.64. The highest BCUT2D eigenvalue weighted by atomic mass is 16.3. The molecule has 5 heteroatoms. The van der Waals surface area contributed by atoms with Crippen LogP contribution in [0.5, 0.6) is 5.75 Å². The Kier molecular flexibility index (Phi) is 3.79. The maximum absolute atomic E-state index is 12.2. The van der Waals surface area contributed by atoms with Gasteiger partial charge in [-0.25, -0.2) is 0 Å². The Morgan fingerprint density at radius 2 is 1.90 bits per heavy atom. The van der Waals surface area contributed by atoms with Crippen molar-refractivity contribution in [2.75, 3.05) is 30.0 Å². The van der Waals surface area contributed by atoms with E-state index < -0.39 is 0 Å². The molecule has 2 aromatic rings. The molecule has 0 radical (unpaired) electrons. The minimum atomic E-state index is -0.297. The summed E-state index contributed by atoms with van der Waals surface area (Å²) in [6, 6.07) is 11.9. The zero-order valence-corrected chi connectivity index (χ0v) is 11.4. The summed E-state index contributed by atoms with van der Waals surface area (Å²) in [6.07, 6.45) is 0. The smallest absolute Gasteiger partial charge is 0.255 e. The number of carbonyl (C=O) groups is 1. The second kappa shape index (κ2) is 5.52. The van der Waals surface area contributed by atoms with E-state index in [4.69, 9.17) is 5.73 Å². The average molecular weight is 271 g/mol. The van der Waals surface area contributed by atoms with Crippen molar-refractivity contribution in [1.82, 2.24) is 0 Å². The van der Waals surface area contributed by atoms with E-state index in [2.05, 4.69) is 5.32 Å². The fourth-order valence-electron chi connectivity index (χ4n) is 1.85. The number of hydrogen-bond donors (Lipinski definition) is 3. The highest BCUT2D eigenvalue weighted by Gasteiger charge is 2.11. The van der Waals surface area contributed by atoms with Crippen molar-refractivity contribution in [3.05, 3.63) is 48.0 Å². The lowest BCUT2D eigenvalue weighted by Crippen LogP contribution is -2.16. The fraction of sp³-hybridized carbons (Fsp3) is 0.133. The summed E-state index contributed by atoms with van der Waals surface area (Å²) < 4.78 is 0. The summed E-state index contributed by atoms with van der Waals surface area (Å²) in [5.41, 5.74) is 7.73. The van der Waals surface area contributed by atoms with Crippen LogP contribution >= 0.6 is 0 Å². The molecule has 0 heterocycles. The minimum absolute atomic E-state index is 0.0986. The first-order valence-electron chi connectivity index (χ1n) is 6.15. The average Bonchev–Trinajstić information content (AvgIpc) is 2.42. The van der Waals surface area contributed by atoms with Crippen molar-refractivity contribution < 1.29 is 9.90 Å². The molecule has 0 aliphatic heterocycles. The van der Waals surface area contributed by atoms with Gasteiger partial charge in [0.15, 0.2) is 0 Å². The largest absolute Gasteiger partial charge is 0.506 e. The molecule has 0 saturated heterocycles. The monoisotopic (exact) mass is 271 g/mol. The first kappa shape index (κ1) is 13.7. The second-order valence-corrected chi connectivity index (χ2v) is 4.64. The molecule has 2 aromatic carbocycles. The van der Waals surface area contributed by atoms with Crippen molar-refractivity contribution in [2.24, 2.45) is 0 Å². The Morgan fingerprint density at radius 1 is 1.20 bits per heavy atom. The third-order valence-corrected chi connectivity index (χ3v) is 2.93.